The largest absolute Gasteiger partial charge is 0.313 e. The van der Waals surface area contributed by atoms with Crippen molar-refractivity contribution < 1.29 is 0 Å². The van der Waals surface area contributed by atoms with Gasteiger partial charge in [-0.1, -0.05) is 23.8 Å². The zero-order valence-corrected chi connectivity index (χ0v) is 12.2. The van der Waals surface area contributed by atoms with Gasteiger partial charge in [0.1, 0.15) is 0 Å². The van der Waals surface area contributed by atoms with E-state index < -0.39 is 0 Å². The smallest absolute Gasteiger partial charge is 0.0347 e. The molecule has 0 aliphatic carbocycles. The van der Waals surface area contributed by atoms with E-state index >= 15 is 0 Å². The zero-order chi connectivity index (χ0) is 13.2. The van der Waals surface area contributed by atoms with Crippen LogP contribution in [0.3, 0.4) is 0 Å². The molecule has 1 N–H and O–H groups in total. The Labute approximate surface area is 111 Å². The van der Waals surface area contributed by atoms with Crippen molar-refractivity contribution in [1.82, 2.24) is 10.2 Å². The van der Waals surface area contributed by atoms with E-state index in [1.165, 1.54) is 36.1 Å². The van der Waals surface area contributed by atoms with E-state index in [4.69, 9.17) is 0 Å². The lowest BCUT2D eigenvalue weighted by Gasteiger charge is -2.42. The minimum Gasteiger partial charge on any atom is -0.313 e. The third kappa shape index (κ3) is 2.93. The number of likely N-dealkylation sites (tertiary alicyclic amines) is 1. The first-order chi connectivity index (χ1) is 8.54. The summed E-state index contributed by atoms with van der Waals surface area (Å²) in [5, 5.41) is 3.60. The lowest BCUT2D eigenvalue weighted by Crippen LogP contribution is -2.56. The van der Waals surface area contributed by atoms with Gasteiger partial charge in [-0.25, -0.2) is 0 Å². The third-order valence-electron chi connectivity index (χ3n) is 4.33. The predicted molar refractivity (Wildman–Crippen MR) is 78.1 cm³/mol. The van der Waals surface area contributed by atoms with Crippen LogP contribution in [0.4, 0.5) is 0 Å². The molecule has 1 aliphatic rings. The maximum atomic E-state index is 3.60. The Morgan fingerprint density at radius 3 is 2.78 bits per heavy atom. The number of hydrogen-bond acceptors (Lipinski definition) is 2. The van der Waals surface area contributed by atoms with Crippen molar-refractivity contribution in [3.05, 3.63) is 34.9 Å². The fourth-order valence-electron chi connectivity index (χ4n) is 3.15. The molecule has 1 aliphatic heterocycles. The van der Waals surface area contributed by atoms with Crippen LogP contribution in [0.5, 0.6) is 0 Å². The Morgan fingerprint density at radius 2 is 2.11 bits per heavy atom. The topological polar surface area (TPSA) is 15.3 Å². The molecule has 0 bridgehead atoms. The summed E-state index contributed by atoms with van der Waals surface area (Å²) < 4.78 is 0. The van der Waals surface area contributed by atoms with Gasteiger partial charge in [0.15, 0.2) is 0 Å². The van der Waals surface area contributed by atoms with Crippen LogP contribution in [0.2, 0.25) is 0 Å². The summed E-state index contributed by atoms with van der Waals surface area (Å²) in [5.74, 6) is 0. The minimum atomic E-state index is 0.256. The Hall–Kier alpha value is -0.860. The van der Waals surface area contributed by atoms with Crippen molar-refractivity contribution in [2.45, 2.75) is 38.6 Å². The molecule has 1 unspecified atom stereocenters. The first kappa shape index (κ1) is 13.6. The molecule has 1 aromatic rings. The van der Waals surface area contributed by atoms with E-state index in [0.29, 0.717) is 0 Å². The van der Waals surface area contributed by atoms with Gasteiger partial charge >= 0.3 is 0 Å². The van der Waals surface area contributed by atoms with Crippen molar-refractivity contribution in [3.8, 4) is 0 Å². The molecule has 1 saturated heterocycles. The molecule has 0 aromatic heterocycles. The quantitative estimate of drug-likeness (QED) is 0.881. The molecule has 100 valence electrons. The average molecular weight is 246 g/mol. The Balaban J connectivity index is 2.21. The van der Waals surface area contributed by atoms with Crippen molar-refractivity contribution >= 4 is 0 Å². The number of nitrogens with one attached hydrogen (secondary N) is 1. The molecule has 1 fully saturated rings. The molecule has 0 spiro atoms. The highest BCUT2D eigenvalue weighted by atomic mass is 15.2. The van der Waals surface area contributed by atoms with Gasteiger partial charge in [-0.15, -0.1) is 0 Å². The van der Waals surface area contributed by atoms with Gasteiger partial charge in [0.25, 0.3) is 0 Å². The summed E-state index contributed by atoms with van der Waals surface area (Å²) in [6.45, 7) is 6.79. The number of hydrogen-bond donors (Lipinski definition) is 1. The molecule has 1 aromatic carbocycles. The van der Waals surface area contributed by atoms with Crippen LogP contribution in [0.1, 0.15) is 29.5 Å². The number of likely N-dealkylation sites (N-methyl/N-ethyl adjacent to an activating group) is 2. The second kappa shape index (κ2) is 5.41. The normalized spacial score (nSPS) is 25.3. The summed E-state index contributed by atoms with van der Waals surface area (Å²) in [7, 11) is 4.35. The fraction of sp³-hybridized carbons (Fsp3) is 0.625. The SMILES string of the molecule is CNC1(Cc2cc(C)ccc2C)CCCN(C)C1. The van der Waals surface area contributed by atoms with Gasteiger partial charge < -0.3 is 10.2 Å². The summed E-state index contributed by atoms with van der Waals surface area (Å²) >= 11 is 0. The molecule has 0 radical (unpaired) electrons. The number of benzene rings is 1. The van der Waals surface area contributed by atoms with Crippen molar-refractivity contribution in [2.24, 2.45) is 0 Å². The third-order valence-corrected chi connectivity index (χ3v) is 4.33. The highest BCUT2D eigenvalue weighted by molar-refractivity contribution is 5.32. The van der Waals surface area contributed by atoms with Gasteiger partial charge in [-0.05, 0) is 64.9 Å². The van der Waals surface area contributed by atoms with Crippen molar-refractivity contribution in [2.75, 3.05) is 27.2 Å². The van der Waals surface area contributed by atoms with Gasteiger partial charge in [-0.3, -0.25) is 0 Å². The van der Waals surface area contributed by atoms with Crippen LogP contribution < -0.4 is 5.32 Å². The molecular weight excluding hydrogens is 220 g/mol. The number of piperidine rings is 1. The minimum absolute atomic E-state index is 0.256. The summed E-state index contributed by atoms with van der Waals surface area (Å²) in [6.07, 6.45) is 3.71. The first-order valence-corrected chi connectivity index (χ1v) is 6.98. The van der Waals surface area contributed by atoms with Crippen LogP contribution in [0.15, 0.2) is 18.2 Å². The number of nitrogens with zero attached hydrogens (tertiary/aromatic N) is 1. The van der Waals surface area contributed by atoms with Crippen molar-refractivity contribution in [1.29, 1.82) is 0 Å². The van der Waals surface area contributed by atoms with E-state index in [9.17, 15) is 0 Å². The Kier molecular flexibility index (Phi) is 4.08. The molecule has 0 saturated carbocycles. The van der Waals surface area contributed by atoms with E-state index in [1.807, 2.05) is 0 Å². The summed E-state index contributed by atoms with van der Waals surface area (Å²) in [5.41, 5.74) is 4.54. The maximum Gasteiger partial charge on any atom is 0.0347 e. The summed E-state index contributed by atoms with van der Waals surface area (Å²) in [4.78, 5) is 2.45. The summed E-state index contributed by atoms with van der Waals surface area (Å²) in [6, 6.07) is 6.81. The van der Waals surface area contributed by atoms with Gasteiger partial charge in [0, 0.05) is 12.1 Å². The van der Waals surface area contributed by atoms with E-state index in [2.05, 4.69) is 56.4 Å². The molecule has 1 heterocycles. The standard InChI is InChI=1S/C16H26N2/c1-13-6-7-14(2)15(10-13)11-16(17-3)8-5-9-18(4)12-16/h6-7,10,17H,5,8-9,11-12H2,1-4H3. The van der Waals surface area contributed by atoms with Gasteiger partial charge in [0.05, 0.1) is 0 Å². The van der Waals surface area contributed by atoms with Crippen LogP contribution in [-0.4, -0.2) is 37.6 Å². The predicted octanol–water partition coefficient (Wildman–Crippen LogP) is 2.53. The second-order valence-corrected chi connectivity index (χ2v) is 5.98. The Bertz CT molecular complexity index is 414. The van der Waals surface area contributed by atoms with Gasteiger partial charge in [-0.2, -0.15) is 0 Å². The van der Waals surface area contributed by atoms with Crippen LogP contribution in [-0.2, 0) is 6.42 Å². The zero-order valence-electron chi connectivity index (χ0n) is 12.2. The van der Waals surface area contributed by atoms with Gasteiger partial charge in [0.2, 0.25) is 0 Å². The van der Waals surface area contributed by atoms with Crippen LogP contribution in [0, 0.1) is 13.8 Å². The highest BCUT2D eigenvalue weighted by Crippen LogP contribution is 2.26. The molecule has 2 heteroatoms. The first-order valence-electron chi connectivity index (χ1n) is 6.98. The number of aryl methyl sites for hydroxylation is 2. The monoisotopic (exact) mass is 246 g/mol. The molecule has 1 atom stereocenters. The lowest BCUT2D eigenvalue weighted by molar-refractivity contribution is 0.151. The average Bonchev–Trinajstić information content (AvgIpc) is 2.34. The molecule has 2 nitrogen and oxygen atoms in total. The van der Waals surface area contributed by atoms with E-state index in [0.717, 1.165) is 13.0 Å². The van der Waals surface area contributed by atoms with Crippen molar-refractivity contribution in [3.63, 3.8) is 0 Å². The lowest BCUT2D eigenvalue weighted by atomic mass is 9.82. The number of rotatable bonds is 3. The molecule has 2 rings (SSSR count). The molecule has 0 amide bonds. The van der Waals surface area contributed by atoms with E-state index in [1.54, 1.807) is 0 Å². The highest BCUT2D eigenvalue weighted by Gasteiger charge is 2.33. The Morgan fingerprint density at radius 1 is 1.33 bits per heavy atom. The molecule has 18 heavy (non-hydrogen) atoms. The molecular formula is C16H26N2. The second-order valence-electron chi connectivity index (χ2n) is 5.98. The van der Waals surface area contributed by atoms with Crippen LogP contribution in [0.25, 0.3) is 0 Å². The maximum absolute atomic E-state index is 3.60. The fourth-order valence-corrected chi connectivity index (χ4v) is 3.15. The van der Waals surface area contributed by atoms with Crippen LogP contribution >= 0.6 is 0 Å². The van der Waals surface area contributed by atoms with E-state index in [-0.39, 0.29) is 5.54 Å².